The van der Waals surface area contributed by atoms with Gasteiger partial charge in [0, 0.05) is 12.1 Å². The first-order valence-electron chi connectivity index (χ1n) is 11.9. The third-order valence-corrected chi connectivity index (χ3v) is 6.84. The Kier molecular flexibility index (Phi) is 5.97. The minimum Gasteiger partial charge on any atom is -0.508 e. The standard InChI is InChI=1S/C30H17ClO10/c31-25-21(35)9-19(33)23-26(37)17(11-39-29(23)25)14-3-7-16(8-4-14)41-28-22(36)10-20(34)24-27(38)18(12-40-30(24)28)13-1-5-15(32)6-2-13/h1-12,32-36H. The van der Waals surface area contributed by atoms with Crippen molar-refractivity contribution in [1.82, 2.24) is 0 Å². The van der Waals surface area contributed by atoms with E-state index in [4.69, 9.17) is 25.2 Å². The van der Waals surface area contributed by atoms with Crippen LogP contribution >= 0.6 is 11.6 Å². The van der Waals surface area contributed by atoms with Crippen molar-refractivity contribution in [2.24, 2.45) is 0 Å². The maximum absolute atomic E-state index is 13.2. The maximum atomic E-state index is 13.2. The Hall–Kier alpha value is -5.61. The maximum Gasteiger partial charge on any atom is 0.212 e. The first-order valence-corrected chi connectivity index (χ1v) is 12.3. The normalized spacial score (nSPS) is 11.2. The van der Waals surface area contributed by atoms with Crippen molar-refractivity contribution < 1.29 is 39.1 Å². The fourth-order valence-corrected chi connectivity index (χ4v) is 4.65. The van der Waals surface area contributed by atoms with Crippen molar-refractivity contribution in [2.45, 2.75) is 0 Å². The van der Waals surface area contributed by atoms with Crippen molar-refractivity contribution in [3.05, 3.63) is 98.7 Å². The van der Waals surface area contributed by atoms with Gasteiger partial charge in [0.05, 0.1) is 11.1 Å². The predicted octanol–water partition coefficient (Wildman–Crippen LogP) is 6.21. The Morgan fingerprint density at radius 1 is 0.610 bits per heavy atom. The van der Waals surface area contributed by atoms with E-state index in [9.17, 15) is 35.1 Å². The SMILES string of the molecule is O=c1c(-c2ccc(Oc3c(O)cc(O)c4c(=O)c(-c5ccc(O)cc5)coc34)cc2)coc2c(Cl)c(O)cc(O)c12. The average Bonchev–Trinajstić information content (AvgIpc) is 2.95. The lowest BCUT2D eigenvalue weighted by Crippen LogP contribution is -2.06. The van der Waals surface area contributed by atoms with Gasteiger partial charge in [-0.15, -0.1) is 0 Å². The van der Waals surface area contributed by atoms with Crippen molar-refractivity contribution in [3.8, 4) is 62.5 Å². The van der Waals surface area contributed by atoms with Crippen LogP contribution in [0.1, 0.15) is 0 Å². The fraction of sp³-hybridized carbons (Fsp3) is 0. The molecule has 4 aromatic carbocycles. The highest BCUT2D eigenvalue weighted by Crippen LogP contribution is 2.43. The Labute approximate surface area is 233 Å². The molecule has 6 aromatic rings. The quantitative estimate of drug-likeness (QED) is 0.164. The molecule has 10 nitrogen and oxygen atoms in total. The third-order valence-electron chi connectivity index (χ3n) is 6.47. The number of phenolic OH excluding ortho intramolecular Hbond substituents is 5. The summed E-state index contributed by atoms with van der Waals surface area (Å²) in [6.45, 7) is 0. The zero-order chi connectivity index (χ0) is 29.0. The second-order valence-corrected chi connectivity index (χ2v) is 9.39. The van der Waals surface area contributed by atoms with E-state index in [0.717, 1.165) is 24.7 Å². The number of hydrogen-bond acceptors (Lipinski definition) is 10. The lowest BCUT2D eigenvalue weighted by Gasteiger charge is -2.12. The van der Waals surface area contributed by atoms with Crippen LogP contribution in [0.2, 0.25) is 5.02 Å². The Morgan fingerprint density at radius 3 is 1.68 bits per heavy atom. The molecule has 2 heterocycles. The van der Waals surface area contributed by atoms with Crippen LogP contribution in [-0.4, -0.2) is 25.5 Å². The van der Waals surface area contributed by atoms with E-state index < -0.39 is 33.9 Å². The van der Waals surface area contributed by atoms with Crippen LogP contribution in [0.25, 0.3) is 44.2 Å². The Balaban J connectivity index is 1.39. The van der Waals surface area contributed by atoms with E-state index in [0.29, 0.717) is 11.1 Å². The summed E-state index contributed by atoms with van der Waals surface area (Å²) >= 11 is 6.00. The summed E-state index contributed by atoms with van der Waals surface area (Å²) in [5.74, 6) is -1.99. The van der Waals surface area contributed by atoms with Crippen LogP contribution < -0.4 is 15.6 Å². The summed E-state index contributed by atoms with van der Waals surface area (Å²) in [5, 5.41) is 49.9. The molecule has 0 atom stereocenters. The van der Waals surface area contributed by atoms with E-state index in [-0.39, 0.29) is 55.3 Å². The highest BCUT2D eigenvalue weighted by molar-refractivity contribution is 6.36. The van der Waals surface area contributed by atoms with E-state index in [1.165, 1.54) is 48.5 Å². The molecule has 0 fully saturated rings. The number of halogens is 1. The van der Waals surface area contributed by atoms with E-state index in [2.05, 4.69) is 0 Å². The van der Waals surface area contributed by atoms with Crippen LogP contribution in [0.5, 0.6) is 40.2 Å². The average molecular weight is 573 g/mol. The molecule has 41 heavy (non-hydrogen) atoms. The lowest BCUT2D eigenvalue weighted by atomic mass is 10.0. The first-order chi connectivity index (χ1) is 19.6. The molecule has 0 saturated heterocycles. The van der Waals surface area contributed by atoms with E-state index in [1.807, 2.05) is 0 Å². The Bertz CT molecular complexity index is 2110. The largest absolute Gasteiger partial charge is 0.508 e. The summed E-state index contributed by atoms with van der Waals surface area (Å²) in [6.07, 6.45) is 2.30. The smallest absolute Gasteiger partial charge is 0.212 e. The van der Waals surface area contributed by atoms with Crippen LogP contribution in [0.3, 0.4) is 0 Å². The lowest BCUT2D eigenvalue weighted by molar-refractivity contribution is 0.400. The van der Waals surface area contributed by atoms with Gasteiger partial charge in [0.25, 0.3) is 0 Å². The molecule has 0 radical (unpaired) electrons. The second kappa shape index (κ2) is 9.54. The Morgan fingerprint density at radius 2 is 1.10 bits per heavy atom. The molecule has 0 aliphatic carbocycles. The molecular formula is C30H17ClO10. The van der Waals surface area contributed by atoms with Crippen LogP contribution in [0, 0.1) is 0 Å². The first kappa shape index (κ1) is 25.7. The topological polar surface area (TPSA) is 171 Å². The van der Waals surface area contributed by atoms with Gasteiger partial charge in [-0.25, -0.2) is 0 Å². The zero-order valence-corrected chi connectivity index (χ0v) is 21.3. The van der Waals surface area contributed by atoms with Gasteiger partial charge >= 0.3 is 0 Å². The number of phenols is 5. The molecule has 0 aliphatic rings. The molecule has 6 rings (SSSR count). The van der Waals surface area contributed by atoms with Gasteiger partial charge < -0.3 is 39.1 Å². The molecule has 0 spiro atoms. The van der Waals surface area contributed by atoms with Crippen molar-refractivity contribution in [3.63, 3.8) is 0 Å². The molecule has 2 aromatic heterocycles. The summed E-state index contributed by atoms with van der Waals surface area (Å²) in [5.41, 5.74) is -0.511. The molecule has 204 valence electrons. The van der Waals surface area contributed by atoms with Gasteiger partial charge in [-0.3, -0.25) is 9.59 Å². The van der Waals surface area contributed by atoms with Crippen LogP contribution in [0.15, 0.2) is 91.6 Å². The molecule has 5 N–H and O–H groups in total. The molecule has 0 amide bonds. The van der Waals surface area contributed by atoms with E-state index in [1.54, 1.807) is 0 Å². The van der Waals surface area contributed by atoms with Crippen molar-refractivity contribution >= 4 is 33.5 Å². The number of benzene rings is 4. The number of aromatic hydroxyl groups is 5. The van der Waals surface area contributed by atoms with Gasteiger partial charge in [-0.1, -0.05) is 35.9 Å². The van der Waals surface area contributed by atoms with Crippen molar-refractivity contribution in [1.29, 1.82) is 0 Å². The highest BCUT2D eigenvalue weighted by Gasteiger charge is 2.22. The van der Waals surface area contributed by atoms with E-state index >= 15 is 0 Å². The van der Waals surface area contributed by atoms with Gasteiger partial charge in [-0.05, 0) is 35.4 Å². The van der Waals surface area contributed by atoms with Gasteiger partial charge in [0.2, 0.25) is 16.6 Å². The summed E-state index contributed by atoms with van der Waals surface area (Å²) < 4.78 is 16.9. The molecule has 0 bridgehead atoms. The third kappa shape index (κ3) is 4.23. The second-order valence-electron chi connectivity index (χ2n) is 9.01. The monoisotopic (exact) mass is 572 g/mol. The minimum absolute atomic E-state index is 0.0118. The van der Waals surface area contributed by atoms with Crippen LogP contribution in [0.4, 0.5) is 0 Å². The summed E-state index contributed by atoms with van der Waals surface area (Å²) in [4.78, 5) is 26.3. The number of ether oxygens (including phenoxy) is 1. The summed E-state index contributed by atoms with van der Waals surface area (Å²) in [6, 6.07) is 13.7. The van der Waals surface area contributed by atoms with Gasteiger partial charge in [-0.2, -0.15) is 0 Å². The molecule has 0 aliphatic heterocycles. The number of fused-ring (bicyclic) bond motifs is 2. The zero-order valence-electron chi connectivity index (χ0n) is 20.6. The number of rotatable bonds is 4. The number of hydrogen-bond donors (Lipinski definition) is 5. The van der Waals surface area contributed by atoms with Gasteiger partial charge in [0.15, 0.2) is 16.9 Å². The molecular weight excluding hydrogens is 556 g/mol. The minimum atomic E-state index is -0.590. The van der Waals surface area contributed by atoms with Crippen molar-refractivity contribution in [2.75, 3.05) is 0 Å². The molecule has 11 heteroatoms. The highest BCUT2D eigenvalue weighted by atomic mass is 35.5. The van der Waals surface area contributed by atoms with Gasteiger partial charge in [0.1, 0.15) is 57.1 Å². The molecule has 0 unspecified atom stereocenters. The van der Waals surface area contributed by atoms with Crippen LogP contribution in [-0.2, 0) is 0 Å². The fourth-order valence-electron chi connectivity index (χ4n) is 4.45. The summed E-state index contributed by atoms with van der Waals surface area (Å²) in [7, 11) is 0. The predicted molar refractivity (Wildman–Crippen MR) is 149 cm³/mol. The molecule has 0 saturated carbocycles.